The summed E-state index contributed by atoms with van der Waals surface area (Å²) in [5.74, 6) is 0.242. The fraction of sp³-hybridized carbons (Fsp3) is 0.857. The number of carbonyl (C=O) groups is 1. The fourth-order valence-electron chi connectivity index (χ4n) is 0.533. The zero-order valence-corrected chi connectivity index (χ0v) is 12.6. The molecule has 0 amide bonds. The molecule has 0 aromatic rings. The van der Waals surface area contributed by atoms with E-state index in [1.54, 1.807) is 6.92 Å². The Bertz CT molecular complexity index is 103. The molecule has 0 aromatic heterocycles. The van der Waals surface area contributed by atoms with Crippen molar-refractivity contribution in [2.24, 2.45) is 0 Å². The van der Waals surface area contributed by atoms with Crippen LogP contribution in [0, 0.1) is 0 Å². The number of rotatable bonds is 3. The summed E-state index contributed by atoms with van der Waals surface area (Å²) in [5.41, 5.74) is 0. The van der Waals surface area contributed by atoms with E-state index in [0.717, 1.165) is 0 Å². The molecule has 0 aliphatic rings. The van der Waals surface area contributed by atoms with E-state index in [9.17, 15) is 4.79 Å². The average molecular weight is 436 g/mol. The molecule has 5 heteroatoms. The Morgan fingerprint density at radius 1 is 1.58 bits per heavy atom. The number of halogens is 2. The monoisotopic (exact) mass is 436 g/mol. The van der Waals surface area contributed by atoms with Crippen molar-refractivity contribution in [2.45, 2.75) is 33.7 Å². The van der Waals surface area contributed by atoms with Gasteiger partial charge in [-0.25, -0.2) is 0 Å². The van der Waals surface area contributed by atoms with Crippen molar-refractivity contribution in [3.8, 4) is 0 Å². The summed E-state index contributed by atoms with van der Waals surface area (Å²) in [6, 6.07) is 0.326. The number of hydrogen-bond acceptors (Lipinski definition) is 2. The average Bonchev–Trinajstić information content (AvgIpc) is 1.88. The van der Waals surface area contributed by atoms with E-state index in [1.807, 2.05) is 14.0 Å². The fourth-order valence-corrected chi connectivity index (χ4v) is 0.533. The van der Waals surface area contributed by atoms with Crippen molar-refractivity contribution in [1.82, 2.24) is 5.32 Å². The SMILES string of the molecule is C.CNC(C)CC(C)=O.[I][V][I]. The van der Waals surface area contributed by atoms with E-state index in [4.69, 9.17) is 0 Å². The third-order valence-electron chi connectivity index (χ3n) is 1.09. The predicted octanol–water partition coefficient (Wildman–Crippen LogP) is 2.98. The zero-order chi connectivity index (χ0) is 9.28. The normalized spacial score (nSPS) is 10.1. The number of nitrogens with one attached hydrogen (secondary N) is 1. The summed E-state index contributed by atoms with van der Waals surface area (Å²) in [4.78, 5) is 10.4. The summed E-state index contributed by atoms with van der Waals surface area (Å²) >= 11 is 4.74. The molecule has 0 radical (unpaired) electrons. The Labute approximate surface area is 105 Å². The Morgan fingerprint density at radius 2 is 1.92 bits per heavy atom. The van der Waals surface area contributed by atoms with Gasteiger partial charge in [0.15, 0.2) is 0 Å². The second-order valence-electron chi connectivity index (χ2n) is 2.16. The molecule has 0 saturated carbocycles. The predicted molar refractivity (Wildman–Crippen MR) is 68.6 cm³/mol. The molecular formula is C7H17I2NOV. The van der Waals surface area contributed by atoms with Gasteiger partial charge in [-0.15, -0.1) is 0 Å². The van der Waals surface area contributed by atoms with E-state index in [1.165, 1.54) is 0 Å². The molecule has 1 N–H and O–H groups in total. The Kier molecular flexibility index (Phi) is 24.4. The van der Waals surface area contributed by atoms with Gasteiger partial charge in [0, 0.05) is 12.5 Å². The Morgan fingerprint density at radius 3 is 2.00 bits per heavy atom. The second kappa shape index (κ2) is 15.2. The van der Waals surface area contributed by atoms with E-state index >= 15 is 0 Å². The van der Waals surface area contributed by atoms with Crippen molar-refractivity contribution in [3.63, 3.8) is 0 Å². The summed E-state index contributed by atoms with van der Waals surface area (Å²) in [5, 5.41) is 2.98. The van der Waals surface area contributed by atoms with Gasteiger partial charge in [-0.3, -0.25) is 4.79 Å². The molecular weight excluding hydrogens is 419 g/mol. The van der Waals surface area contributed by atoms with Crippen LogP contribution in [0.3, 0.4) is 0 Å². The third-order valence-corrected chi connectivity index (χ3v) is 1.09. The molecule has 0 bridgehead atoms. The Balaban J connectivity index is -0.000000177. The Hall–Kier alpha value is 1.67. The van der Waals surface area contributed by atoms with Crippen LogP contribution in [0.2, 0.25) is 0 Å². The molecule has 1 unspecified atom stereocenters. The van der Waals surface area contributed by atoms with Gasteiger partial charge in [0.05, 0.1) is 0 Å². The molecule has 0 heterocycles. The van der Waals surface area contributed by atoms with Gasteiger partial charge < -0.3 is 5.32 Å². The van der Waals surface area contributed by atoms with Crippen molar-refractivity contribution in [3.05, 3.63) is 0 Å². The molecule has 0 aromatic carbocycles. The molecule has 0 aliphatic carbocycles. The molecule has 75 valence electrons. The van der Waals surface area contributed by atoms with E-state index in [-0.39, 0.29) is 13.2 Å². The van der Waals surface area contributed by atoms with Crippen molar-refractivity contribution in [2.75, 3.05) is 7.05 Å². The number of hydrogen-bond donors (Lipinski definition) is 1. The molecule has 0 rings (SSSR count). The van der Waals surface area contributed by atoms with Crippen molar-refractivity contribution >= 4 is 45.7 Å². The zero-order valence-electron chi connectivity index (χ0n) is 6.90. The first kappa shape index (κ1) is 19.3. The van der Waals surface area contributed by atoms with Gasteiger partial charge in [0.1, 0.15) is 5.78 Å². The molecule has 0 saturated heterocycles. The molecule has 1 atom stereocenters. The van der Waals surface area contributed by atoms with Crippen LogP contribution >= 0.6 is 40.0 Å². The summed E-state index contributed by atoms with van der Waals surface area (Å²) in [6.07, 6.45) is 0.635. The van der Waals surface area contributed by atoms with E-state index in [0.29, 0.717) is 21.9 Å². The first-order chi connectivity index (χ1) is 5.08. The summed E-state index contributed by atoms with van der Waals surface area (Å²) in [7, 11) is 2.48. The van der Waals surface area contributed by atoms with E-state index < -0.39 is 0 Å². The summed E-state index contributed by atoms with van der Waals surface area (Å²) in [6.45, 7) is 3.59. The number of carbonyl (C=O) groups excluding carboxylic acids is 1. The van der Waals surface area contributed by atoms with Gasteiger partial charge in [0.25, 0.3) is 0 Å². The molecule has 12 heavy (non-hydrogen) atoms. The molecule has 0 fully saturated rings. The summed E-state index contributed by atoms with van der Waals surface area (Å²) < 4.78 is 0. The van der Waals surface area contributed by atoms with Crippen LogP contribution in [0.1, 0.15) is 27.7 Å². The van der Waals surface area contributed by atoms with Gasteiger partial charge in [-0.2, -0.15) is 0 Å². The van der Waals surface area contributed by atoms with Crippen LogP contribution in [0.25, 0.3) is 0 Å². The second-order valence-corrected chi connectivity index (χ2v) is 13.9. The first-order valence-electron chi connectivity index (χ1n) is 3.17. The molecule has 0 aliphatic heterocycles. The first-order valence-corrected chi connectivity index (χ1v) is 12.2. The number of Topliss-reactive ketones (excluding diaryl/α,β-unsaturated/α-hetero) is 1. The third kappa shape index (κ3) is 22.6. The van der Waals surface area contributed by atoms with Gasteiger partial charge in [-0.05, 0) is 20.9 Å². The van der Waals surface area contributed by atoms with Crippen LogP contribution in [0.4, 0.5) is 0 Å². The van der Waals surface area contributed by atoms with Crippen LogP contribution in [-0.2, 0) is 14.3 Å². The van der Waals surface area contributed by atoms with Gasteiger partial charge in [0.2, 0.25) is 0 Å². The maximum atomic E-state index is 10.4. The minimum absolute atomic E-state index is 0. The van der Waals surface area contributed by atoms with Crippen molar-refractivity contribution < 1.29 is 14.3 Å². The topological polar surface area (TPSA) is 29.1 Å². The van der Waals surface area contributed by atoms with Crippen molar-refractivity contribution in [1.29, 1.82) is 0 Å². The minimum atomic E-state index is 0. The van der Waals surface area contributed by atoms with E-state index in [2.05, 4.69) is 45.3 Å². The number of ketones is 1. The van der Waals surface area contributed by atoms with Gasteiger partial charge >= 0.3 is 49.4 Å². The van der Waals surface area contributed by atoms with Crippen LogP contribution in [0.5, 0.6) is 0 Å². The van der Waals surface area contributed by atoms with Crippen LogP contribution in [0.15, 0.2) is 0 Å². The molecule has 2 nitrogen and oxygen atoms in total. The van der Waals surface area contributed by atoms with Crippen LogP contribution in [-0.4, -0.2) is 18.9 Å². The molecule has 0 spiro atoms. The quantitative estimate of drug-likeness (QED) is 0.690. The van der Waals surface area contributed by atoms with Crippen LogP contribution < -0.4 is 5.32 Å². The maximum absolute atomic E-state index is 10.4. The standard InChI is InChI=1S/C6H13NO.CH4.2HI.V/c1-5(7-3)4-6(2)8;;;;/h5,7H,4H2,1-3H3;1H4;2*1H;/q;;;;+2/p-2. The van der Waals surface area contributed by atoms with Gasteiger partial charge in [-0.1, -0.05) is 7.43 Å².